The third kappa shape index (κ3) is 2.51. The number of rotatable bonds is 4. The van der Waals surface area contributed by atoms with Crippen LogP contribution in [0.15, 0.2) is 24.3 Å². The number of benzene rings is 1. The van der Waals surface area contributed by atoms with Crippen LogP contribution in [0.1, 0.15) is 5.56 Å². The number of nitrogens with two attached hydrogens (primary N) is 1. The van der Waals surface area contributed by atoms with Gasteiger partial charge in [0, 0.05) is 25.2 Å². The molecule has 1 aliphatic rings. The lowest BCUT2D eigenvalue weighted by Crippen LogP contribution is -2.58. The van der Waals surface area contributed by atoms with Gasteiger partial charge in [-0.15, -0.1) is 0 Å². The van der Waals surface area contributed by atoms with Gasteiger partial charge < -0.3 is 15.4 Å². The third-order valence-corrected chi connectivity index (χ3v) is 3.53. The van der Waals surface area contributed by atoms with Crippen molar-refractivity contribution in [1.29, 1.82) is 0 Å². The fraction of sp³-hybridized carbons (Fsp3) is 0.462. The molecule has 98 valence electrons. The first-order valence-corrected chi connectivity index (χ1v) is 6.23. The van der Waals surface area contributed by atoms with Crippen LogP contribution in [-0.4, -0.2) is 37.6 Å². The number of ether oxygens (including phenoxy) is 1. The lowest BCUT2D eigenvalue weighted by Gasteiger charge is -2.41. The van der Waals surface area contributed by atoms with Gasteiger partial charge in [0.15, 0.2) is 0 Å². The van der Waals surface area contributed by atoms with Crippen molar-refractivity contribution in [2.45, 2.75) is 6.54 Å². The fourth-order valence-electron chi connectivity index (χ4n) is 2.02. The SMILES string of the molecule is CN(Cc1ccc(Cl)cc1)C(=O)C1(CN)COC1. The largest absolute Gasteiger partial charge is 0.379 e. The Morgan fingerprint density at radius 1 is 1.44 bits per heavy atom. The Morgan fingerprint density at radius 3 is 2.50 bits per heavy atom. The summed E-state index contributed by atoms with van der Waals surface area (Å²) >= 11 is 5.82. The molecule has 0 aliphatic carbocycles. The summed E-state index contributed by atoms with van der Waals surface area (Å²) in [5, 5.41) is 0.693. The standard InChI is InChI=1S/C13H17ClN2O2/c1-16(6-10-2-4-11(14)5-3-10)12(17)13(7-15)8-18-9-13/h2-5H,6-9,15H2,1H3. The molecule has 0 spiro atoms. The molecule has 1 aromatic carbocycles. The summed E-state index contributed by atoms with van der Waals surface area (Å²) in [4.78, 5) is 14.0. The van der Waals surface area contributed by atoms with E-state index in [2.05, 4.69) is 0 Å². The molecule has 0 bridgehead atoms. The highest BCUT2D eigenvalue weighted by molar-refractivity contribution is 6.30. The van der Waals surface area contributed by atoms with Crippen LogP contribution in [0.5, 0.6) is 0 Å². The van der Waals surface area contributed by atoms with E-state index >= 15 is 0 Å². The highest BCUT2D eigenvalue weighted by Crippen LogP contribution is 2.28. The molecule has 5 heteroatoms. The number of hydrogen-bond acceptors (Lipinski definition) is 3. The maximum atomic E-state index is 12.3. The van der Waals surface area contributed by atoms with Gasteiger partial charge in [0.2, 0.25) is 5.91 Å². The molecule has 1 aromatic rings. The summed E-state index contributed by atoms with van der Waals surface area (Å²) in [7, 11) is 1.78. The van der Waals surface area contributed by atoms with Crippen LogP contribution in [0.25, 0.3) is 0 Å². The molecular weight excluding hydrogens is 252 g/mol. The molecule has 2 N–H and O–H groups in total. The molecule has 0 radical (unpaired) electrons. The number of nitrogens with zero attached hydrogens (tertiary/aromatic N) is 1. The van der Waals surface area contributed by atoms with Crippen LogP contribution < -0.4 is 5.73 Å². The molecule has 1 saturated heterocycles. The summed E-state index contributed by atoms with van der Waals surface area (Å²) in [5.41, 5.74) is 6.21. The van der Waals surface area contributed by atoms with Gasteiger partial charge in [-0.25, -0.2) is 0 Å². The van der Waals surface area contributed by atoms with E-state index in [1.807, 2.05) is 24.3 Å². The van der Waals surface area contributed by atoms with Crippen molar-refractivity contribution in [2.75, 3.05) is 26.8 Å². The predicted octanol–water partition coefficient (Wildman–Crippen LogP) is 1.27. The molecule has 0 unspecified atom stereocenters. The third-order valence-electron chi connectivity index (χ3n) is 3.28. The minimum Gasteiger partial charge on any atom is -0.379 e. The van der Waals surface area contributed by atoms with Crippen LogP contribution in [0.2, 0.25) is 5.02 Å². The van der Waals surface area contributed by atoms with Crippen LogP contribution in [0.4, 0.5) is 0 Å². The van der Waals surface area contributed by atoms with Crippen molar-refractivity contribution in [3.63, 3.8) is 0 Å². The molecule has 4 nitrogen and oxygen atoms in total. The van der Waals surface area contributed by atoms with Crippen molar-refractivity contribution in [2.24, 2.45) is 11.1 Å². The lowest BCUT2D eigenvalue weighted by atomic mass is 9.84. The number of halogens is 1. The minimum atomic E-state index is -0.513. The molecule has 0 atom stereocenters. The highest BCUT2D eigenvalue weighted by atomic mass is 35.5. The van der Waals surface area contributed by atoms with Gasteiger partial charge in [0.1, 0.15) is 5.41 Å². The maximum absolute atomic E-state index is 12.3. The molecule has 0 aromatic heterocycles. The van der Waals surface area contributed by atoms with E-state index in [-0.39, 0.29) is 5.91 Å². The Hall–Kier alpha value is -1.10. The van der Waals surface area contributed by atoms with Gasteiger partial charge in [-0.1, -0.05) is 23.7 Å². The monoisotopic (exact) mass is 268 g/mol. The van der Waals surface area contributed by atoms with E-state index in [4.69, 9.17) is 22.1 Å². The minimum absolute atomic E-state index is 0.0474. The smallest absolute Gasteiger partial charge is 0.234 e. The molecule has 1 fully saturated rings. The molecule has 1 amide bonds. The van der Waals surface area contributed by atoms with Crippen LogP contribution >= 0.6 is 11.6 Å². The first-order chi connectivity index (χ1) is 8.57. The Kier molecular flexibility index (Phi) is 3.90. The molecule has 1 aliphatic heterocycles. The predicted molar refractivity (Wildman–Crippen MR) is 70.2 cm³/mol. The quantitative estimate of drug-likeness (QED) is 0.895. The zero-order valence-corrected chi connectivity index (χ0v) is 11.1. The van der Waals surface area contributed by atoms with E-state index in [1.165, 1.54) is 0 Å². The molecule has 2 rings (SSSR count). The van der Waals surface area contributed by atoms with Gasteiger partial charge in [-0.05, 0) is 17.7 Å². The van der Waals surface area contributed by atoms with Gasteiger partial charge in [-0.2, -0.15) is 0 Å². The first kappa shape index (κ1) is 13.3. The zero-order valence-electron chi connectivity index (χ0n) is 10.4. The van der Waals surface area contributed by atoms with Crippen molar-refractivity contribution < 1.29 is 9.53 Å². The van der Waals surface area contributed by atoms with E-state index in [0.717, 1.165) is 5.56 Å². The van der Waals surface area contributed by atoms with Crippen molar-refractivity contribution in [3.8, 4) is 0 Å². The van der Waals surface area contributed by atoms with Gasteiger partial charge in [-0.3, -0.25) is 4.79 Å². The second-order valence-electron chi connectivity index (χ2n) is 4.76. The van der Waals surface area contributed by atoms with Crippen molar-refractivity contribution in [1.82, 2.24) is 4.90 Å². The van der Waals surface area contributed by atoms with Crippen LogP contribution in [0, 0.1) is 5.41 Å². The van der Waals surface area contributed by atoms with Gasteiger partial charge in [0.05, 0.1) is 13.2 Å². The summed E-state index contributed by atoms with van der Waals surface area (Å²) in [6.45, 7) is 1.73. The summed E-state index contributed by atoms with van der Waals surface area (Å²) < 4.78 is 5.12. The van der Waals surface area contributed by atoms with E-state index in [9.17, 15) is 4.79 Å². The summed E-state index contributed by atoms with van der Waals surface area (Å²) in [6, 6.07) is 7.47. The molecule has 0 saturated carbocycles. The molecule has 18 heavy (non-hydrogen) atoms. The highest BCUT2D eigenvalue weighted by Gasteiger charge is 2.46. The number of hydrogen-bond donors (Lipinski definition) is 1. The summed E-state index contributed by atoms with van der Waals surface area (Å²) in [6.07, 6.45) is 0. The molecular formula is C13H17ClN2O2. The Morgan fingerprint density at radius 2 is 2.06 bits per heavy atom. The van der Waals surface area contributed by atoms with Crippen LogP contribution in [0.3, 0.4) is 0 Å². The number of amides is 1. The van der Waals surface area contributed by atoms with E-state index in [1.54, 1.807) is 11.9 Å². The number of carbonyl (C=O) groups excluding carboxylic acids is 1. The Bertz CT molecular complexity index is 424. The average Bonchev–Trinajstić information content (AvgIpc) is 2.31. The Labute approximate surface area is 112 Å². The van der Waals surface area contributed by atoms with Gasteiger partial charge in [0.25, 0.3) is 0 Å². The average molecular weight is 269 g/mol. The summed E-state index contributed by atoms with van der Waals surface area (Å²) in [5.74, 6) is 0.0474. The number of carbonyl (C=O) groups is 1. The van der Waals surface area contributed by atoms with Crippen molar-refractivity contribution in [3.05, 3.63) is 34.9 Å². The topological polar surface area (TPSA) is 55.6 Å². The van der Waals surface area contributed by atoms with E-state index in [0.29, 0.717) is 31.3 Å². The van der Waals surface area contributed by atoms with Crippen molar-refractivity contribution >= 4 is 17.5 Å². The normalized spacial score (nSPS) is 17.1. The molecule has 1 heterocycles. The van der Waals surface area contributed by atoms with E-state index < -0.39 is 5.41 Å². The Balaban J connectivity index is 2.01. The van der Waals surface area contributed by atoms with Crippen LogP contribution in [-0.2, 0) is 16.1 Å². The lowest BCUT2D eigenvalue weighted by molar-refractivity contribution is -0.169. The second kappa shape index (κ2) is 5.26. The first-order valence-electron chi connectivity index (χ1n) is 5.85. The van der Waals surface area contributed by atoms with Gasteiger partial charge >= 0.3 is 0 Å². The zero-order chi connectivity index (χ0) is 13.2. The second-order valence-corrected chi connectivity index (χ2v) is 5.20. The maximum Gasteiger partial charge on any atom is 0.234 e. The fourth-order valence-corrected chi connectivity index (χ4v) is 2.14.